The highest BCUT2D eigenvalue weighted by Crippen LogP contribution is 2.27. The Morgan fingerprint density at radius 2 is 2.00 bits per heavy atom. The second-order valence-electron chi connectivity index (χ2n) is 5.71. The maximum Gasteiger partial charge on any atom is 0.129 e. The standard InChI is InChI=1S/C16H21FN4/c1-20-16(18)14(10-19-20)12-5-6-13(15(17)9-12)11-21-7-3-2-4-8-21/h5-6,9-10H,2-4,7-8,11,18H2,1H3. The van der Waals surface area contributed by atoms with E-state index in [0.29, 0.717) is 12.4 Å². The van der Waals surface area contributed by atoms with E-state index in [4.69, 9.17) is 5.73 Å². The number of nitrogens with two attached hydrogens (primary N) is 1. The fourth-order valence-corrected chi connectivity index (χ4v) is 2.87. The smallest absolute Gasteiger partial charge is 0.129 e. The summed E-state index contributed by atoms with van der Waals surface area (Å²) in [5, 5.41) is 4.10. The van der Waals surface area contributed by atoms with E-state index in [2.05, 4.69) is 10.00 Å². The van der Waals surface area contributed by atoms with Gasteiger partial charge in [-0.2, -0.15) is 5.10 Å². The van der Waals surface area contributed by atoms with Crippen molar-refractivity contribution in [2.75, 3.05) is 18.8 Å². The predicted octanol–water partition coefficient (Wildman–Crippen LogP) is 2.79. The first-order valence-corrected chi connectivity index (χ1v) is 7.44. The Kier molecular flexibility index (Phi) is 3.92. The molecule has 1 fully saturated rings. The summed E-state index contributed by atoms with van der Waals surface area (Å²) >= 11 is 0. The van der Waals surface area contributed by atoms with Crippen molar-refractivity contribution in [2.24, 2.45) is 7.05 Å². The molecule has 21 heavy (non-hydrogen) atoms. The molecular weight excluding hydrogens is 267 g/mol. The molecule has 0 atom stereocenters. The van der Waals surface area contributed by atoms with Crippen molar-refractivity contribution < 1.29 is 4.39 Å². The van der Waals surface area contributed by atoms with E-state index in [0.717, 1.165) is 29.8 Å². The lowest BCUT2D eigenvalue weighted by Crippen LogP contribution is -2.29. The fraction of sp³-hybridized carbons (Fsp3) is 0.438. The van der Waals surface area contributed by atoms with Crippen LogP contribution in [0.25, 0.3) is 11.1 Å². The van der Waals surface area contributed by atoms with Gasteiger partial charge in [0.15, 0.2) is 0 Å². The van der Waals surface area contributed by atoms with E-state index in [-0.39, 0.29) is 5.82 Å². The van der Waals surface area contributed by atoms with Gasteiger partial charge in [0.25, 0.3) is 0 Å². The minimum absolute atomic E-state index is 0.165. The van der Waals surface area contributed by atoms with Crippen LogP contribution in [0.5, 0.6) is 0 Å². The molecule has 3 rings (SSSR count). The molecule has 1 aliphatic heterocycles. The molecule has 2 heterocycles. The molecule has 0 amide bonds. The zero-order chi connectivity index (χ0) is 14.8. The van der Waals surface area contributed by atoms with Gasteiger partial charge in [-0.3, -0.25) is 9.58 Å². The van der Waals surface area contributed by atoms with Gasteiger partial charge in [-0.1, -0.05) is 18.6 Å². The van der Waals surface area contributed by atoms with Crippen LogP contribution < -0.4 is 5.73 Å². The van der Waals surface area contributed by atoms with Crippen molar-refractivity contribution in [1.82, 2.24) is 14.7 Å². The number of nitrogen functional groups attached to an aromatic ring is 1. The summed E-state index contributed by atoms with van der Waals surface area (Å²) in [6, 6.07) is 5.36. The SMILES string of the molecule is Cn1ncc(-c2ccc(CN3CCCCC3)c(F)c2)c1N. The highest BCUT2D eigenvalue weighted by atomic mass is 19.1. The van der Waals surface area contributed by atoms with Gasteiger partial charge in [0.2, 0.25) is 0 Å². The van der Waals surface area contributed by atoms with Crippen LogP contribution in [0.2, 0.25) is 0 Å². The minimum atomic E-state index is -0.165. The normalized spacial score (nSPS) is 16.3. The van der Waals surface area contributed by atoms with Crippen LogP contribution in [-0.2, 0) is 13.6 Å². The summed E-state index contributed by atoms with van der Waals surface area (Å²) < 4.78 is 15.9. The number of benzene rings is 1. The molecule has 1 aromatic heterocycles. The molecule has 0 spiro atoms. The molecule has 4 nitrogen and oxygen atoms in total. The molecular formula is C16H21FN4. The van der Waals surface area contributed by atoms with Gasteiger partial charge in [-0.25, -0.2) is 4.39 Å². The summed E-state index contributed by atoms with van der Waals surface area (Å²) in [4.78, 5) is 2.32. The maximum atomic E-state index is 14.3. The third kappa shape index (κ3) is 2.93. The van der Waals surface area contributed by atoms with Gasteiger partial charge >= 0.3 is 0 Å². The average Bonchev–Trinajstić information content (AvgIpc) is 2.82. The van der Waals surface area contributed by atoms with Crippen LogP contribution in [0.4, 0.5) is 10.2 Å². The number of likely N-dealkylation sites (tertiary alicyclic amines) is 1. The second-order valence-corrected chi connectivity index (χ2v) is 5.71. The molecule has 112 valence electrons. The number of piperidine rings is 1. The van der Waals surface area contributed by atoms with Crippen LogP contribution in [0.3, 0.4) is 0 Å². The summed E-state index contributed by atoms with van der Waals surface area (Å²) in [6.07, 6.45) is 5.39. The van der Waals surface area contributed by atoms with E-state index < -0.39 is 0 Å². The molecule has 0 unspecified atom stereocenters. The summed E-state index contributed by atoms with van der Waals surface area (Å²) in [5.41, 5.74) is 8.25. The average molecular weight is 288 g/mol. The fourth-order valence-electron chi connectivity index (χ4n) is 2.87. The Hall–Kier alpha value is -1.88. The highest BCUT2D eigenvalue weighted by Gasteiger charge is 2.14. The van der Waals surface area contributed by atoms with Crippen LogP contribution in [-0.4, -0.2) is 27.8 Å². The lowest BCUT2D eigenvalue weighted by Gasteiger charge is -2.26. The number of hydrogen-bond acceptors (Lipinski definition) is 3. The van der Waals surface area contributed by atoms with Gasteiger partial charge in [-0.05, 0) is 37.6 Å². The van der Waals surface area contributed by atoms with Crippen molar-refractivity contribution in [3.05, 3.63) is 35.8 Å². The van der Waals surface area contributed by atoms with Crippen molar-refractivity contribution in [2.45, 2.75) is 25.8 Å². The molecule has 0 aliphatic carbocycles. The number of aromatic nitrogens is 2. The Morgan fingerprint density at radius 1 is 1.24 bits per heavy atom. The van der Waals surface area contributed by atoms with Crippen LogP contribution in [0.15, 0.2) is 24.4 Å². The third-order valence-corrected chi connectivity index (χ3v) is 4.19. The minimum Gasteiger partial charge on any atom is -0.383 e. The monoisotopic (exact) mass is 288 g/mol. The molecule has 2 aromatic rings. The van der Waals surface area contributed by atoms with Gasteiger partial charge in [0.05, 0.1) is 6.20 Å². The van der Waals surface area contributed by atoms with Gasteiger partial charge in [-0.15, -0.1) is 0 Å². The van der Waals surface area contributed by atoms with Crippen molar-refractivity contribution in [3.63, 3.8) is 0 Å². The Bertz CT molecular complexity index is 629. The third-order valence-electron chi connectivity index (χ3n) is 4.19. The maximum absolute atomic E-state index is 14.3. The number of rotatable bonds is 3. The van der Waals surface area contributed by atoms with Crippen LogP contribution in [0, 0.1) is 5.82 Å². The lowest BCUT2D eigenvalue weighted by molar-refractivity contribution is 0.218. The first-order chi connectivity index (χ1) is 10.1. The van der Waals surface area contributed by atoms with Crippen LogP contribution in [0.1, 0.15) is 24.8 Å². The van der Waals surface area contributed by atoms with Crippen molar-refractivity contribution >= 4 is 5.82 Å². The number of aryl methyl sites for hydroxylation is 1. The van der Waals surface area contributed by atoms with Crippen LogP contribution >= 0.6 is 0 Å². The molecule has 5 heteroatoms. The molecule has 0 saturated carbocycles. The summed E-state index contributed by atoms with van der Waals surface area (Å²) in [6.45, 7) is 2.82. The molecule has 2 N–H and O–H groups in total. The Labute approximate surface area is 124 Å². The molecule has 1 aliphatic rings. The van der Waals surface area contributed by atoms with Gasteiger partial charge < -0.3 is 5.73 Å². The van der Waals surface area contributed by atoms with E-state index in [1.54, 1.807) is 24.0 Å². The zero-order valence-corrected chi connectivity index (χ0v) is 12.3. The Balaban J connectivity index is 1.81. The first kappa shape index (κ1) is 14.1. The largest absolute Gasteiger partial charge is 0.383 e. The predicted molar refractivity (Wildman–Crippen MR) is 82.1 cm³/mol. The van der Waals surface area contributed by atoms with Crippen molar-refractivity contribution in [3.8, 4) is 11.1 Å². The number of halogens is 1. The molecule has 0 bridgehead atoms. The highest BCUT2D eigenvalue weighted by molar-refractivity contribution is 5.73. The van der Waals surface area contributed by atoms with E-state index in [1.165, 1.54) is 19.3 Å². The summed E-state index contributed by atoms with van der Waals surface area (Å²) in [7, 11) is 1.78. The quantitative estimate of drug-likeness (QED) is 0.944. The summed E-state index contributed by atoms with van der Waals surface area (Å²) in [5.74, 6) is 0.388. The first-order valence-electron chi connectivity index (χ1n) is 7.44. The van der Waals surface area contributed by atoms with E-state index in [1.807, 2.05) is 12.1 Å². The molecule has 1 aromatic carbocycles. The van der Waals surface area contributed by atoms with E-state index in [9.17, 15) is 4.39 Å². The Morgan fingerprint density at radius 3 is 2.62 bits per heavy atom. The van der Waals surface area contributed by atoms with E-state index >= 15 is 0 Å². The lowest BCUT2D eigenvalue weighted by atomic mass is 10.0. The van der Waals surface area contributed by atoms with Crippen molar-refractivity contribution in [1.29, 1.82) is 0 Å². The number of anilines is 1. The van der Waals surface area contributed by atoms with Gasteiger partial charge in [0.1, 0.15) is 11.6 Å². The number of hydrogen-bond donors (Lipinski definition) is 1. The second kappa shape index (κ2) is 5.85. The zero-order valence-electron chi connectivity index (χ0n) is 12.3. The van der Waals surface area contributed by atoms with Gasteiger partial charge in [0, 0.05) is 24.7 Å². The number of nitrogens with zero attached hydrogens (tertiary/aromatic N) is 3. The topological polar surface area (TPSA) is 47.1 Å². The molecule has 0 radical (unpaired) electrons. The molecule has 1 saturated heterocycles.